The summed E-state index contributed by atoms with van der Waals surface area (Å²) in [6.45, 7) is -0.378. The quantitative estimate of drug-likeness (QED) is 0.456. The number of rotatable bonds is 6. The van der Waals surface area contributed by atoms with Crippen molar-refractivity contribution in [3.8, 4) is 17.3 Å². The van der Waals surface area contributed by atoms with Crippen LogP contribution >= 0.6 is 11.6 Å². The Morgan fingerprint density at radius 3 is 2.64 bits per heavy atom. The number of amides is 2. The van der Waals surface area contributed by atoms with Crippen molar-refractivity contribution < 1.29 is 22.8 Å². The first kappa shape index (κ1) is 25.2. The Bertz CT molecular complexity index is 1370. The predicted molar refractivity (Wildman–Crippen MR) is 123 cm³/mol. The summed E-state index contributed by atoms with van der Waals surface area (Å²) in [4.78, 5) is 29.2. The molecule has 14 heteroatoms. The molecule has 4 N–H and O–H groups in total. The van der Waals surface area contributed by atoms with Crippen molar-refractivity contribution in [2.75, 3.05) is 5.32 Å². The minimum atomic E-state index is -4.78. The molecule has 1 saturated carbocycles. The van der Waals surface area contributed by atoms with Crippen molar-refractivity contribution >= 4 is 29.1 Å². The Morgan fingerprint density at radius 2 is 2.03 bits per heavy atom. The molecule has 0 unspecified atom stereocenters. The van der Waals surface area contributed by atoms with Gasteiger partial charge in [-0.15, -0.1) is 0 Å². The van der Waals surface area contributed by atoms with Crippen LogP contribution in [-0.4, -0.2) is 43.2 Å². The number of imidazole rings is 1. The molecule has 3 aromatic rings. The van der Waals surface area contributed by atoms with E-state index in [0.29, 0.717) is 12.8 Å². The van der Waals surface area contributed by atoms with Crippen LogP contribution in [0.3, 0.4) is 0 Å². The van der Waals surface area contributed by atoms with Crippen molar-refractivity contribution in [1.29, 1.82) is 5.26 Å². The van der Waals surface area contributed by atoms with Gasteiger partial charge in [-0.1, -0.05) is 11.6 Å². The van der Waals surface area contributed by atoms with Crippen LogP contribution in [-0.2, 0) is 19.8 Å². The number of nitrogens with two attached hydrogens (primary N) is 1. The van der Waals surface area contributed by atoms with E-state index in [1.54, 1.807) is 6.07 Å². The zero-order valence-electron chi connectivity index (χ0n) is 18.8. The molecule has 1 fully saturated rings. The number of aromatic nitrogens is 4. The van der Waals surface area contributed by atoms with Crippen LogP contribution in [0.15, 0.2) is 30.6 Å². The third-order valence-electron chi connectivity index (χ3n) is 5.71. The van der Waals surface area contributed by atoms with Gasteiger partial charge in [0.15, 0.2) is 11.5 Å². The van der Waals surface area contributed by atoms with Crippen LogP contribution < -0.4 is 16.4 Å². The Hall–Kier alpha value is -3.89. The average molecular weight is 521 g/mol. The monoisotopic (exact) mass is 520 g/mol. The Kier molecular flexibility index (Phi) is 6.75. The lowest BCUT2D eigenvalue weighted by atomic mass is 9.87. The highest BCUT2D eigenvalue weighted by atomic mass is 35.5. The average Bonchev–Trinajstić information content (AvgIpc) is 3.36. The Balaban J connectivity index is 1.52. The van der Waals surface area contributed by atoms with E-state index in [4.69, 9.17) is 22.6 Å². The normalized spacial score (nSPS) is 17.2. The topological polar surface area (TPSA) is 144 Å². The van der Waals surface area contributed by atoms with Gasteiger partial charge in [0.1, 0.15) is 6.54 Å². The lowest BCUT2D eigenvalue weighted by Crippen LogP contribution is -2.50. The third-order valence-corrected chi connectivity index (χ3v) is 6.02. The van der Waals surface area contributed by atoms with Gasteiger partial charge in [-0.3, -0.25) is 14.3 Å². The van der Waals surface area contributed by atoms with Gasteiger partial charge < -0.3 is 20.9 Å². The molecule has 0 spiro atoms. The summed E-state index contributed by atoms with van der Waals surface area (Å²) < 4.78 is 42.5. The van der Waals surface area contributed by atoms with Crippen LogP contribution in [0.4, 0.5) is 18.9 Å². The van der Waals surface area contributed by atoms with Crippen molar-refractivity contribution in [2.24, 2.45) is 12.8 Å². The highest BCUT2D eigenvalue weighted by molar-refractivity contribution is 6.34. The predicted octanol–water partition coefficient (Wildman–Crippen LogP) is 2.95. The molecule has 1 aliphatic carbocycles. The molecule has 2 aromatic heterocycles. The fraction of sp³-hybridized carbons (Fsp3) is 0.318. The van der Waals surface area contributed by atoms with E-state index < -0.39 is 17.8 Å². The number of nitriles is 1. The van der Waals surface area contributed by atoms with E-state index in [2.05, 4.69) is 20.7 Å². The molecule has 36 heavy (non-hydrogen) atoms. The first-order chi connectivity index (χ1) is 17.0. The molecular weight excluding hydrogens is 501 g/mol. The maximum absolute atomic E-state index is 13.5. The summed E-state index contributed by atoms with van der Waals surface area (Å²) >= 11 is 6.23. The summed E-state index contributed by atoms with van der Waals surface area (Å²) in [5.74, 6) is -1.25. The molecule has 1 aliphatic rings. The van der Waals surface area contributed by atoms with Gasteiger partial charge in [0.2, 0.25) is 0 Å². The van der Waals surface area contributed by atoms with Crippen LogP contribution in [0.1, 0.15) is 39.5 Å². The Morgan fingerprint density at radius 1 is 1.31 bits per heavy atom. The standard InChI is InChI=1S/C22H20ClF3N8O2/c1-33-17(15-10-34(5-4-27)32-18(15)22(24,25)26)9-29-19(33)21(36)30-12-2-3-14(16(23)8-12)20(35)31-13-6-11(28)7-13/h2-3,8-11,13H,5-7,28H2,1H3,(H,30,36)(H,31,35). The molecule has 0 aliphatic heterocycles. The number of carbonyl (C=O) groups is 2. The number of carbonyl (C=O) groups excluding carboxylic acids is 2. The molecule has 2 heterocycles. The second kappa shape index (κ2) is 9.63. The van der Waals surface area contributed by atoms with Crippen LogP contribution in [0.25, 0.3) is 11.3 Å². The highest BCUT2D eigenvalue weighted by Gasteiger charge is 2.38. The number of halogens is 4. The minimum absolute atomic E-state index is 0.00886. The lowest BCUT2D eigenvalue weighted by molar-refractivity contribution is -0.141. The largest absolute Gasteiger partial charge is 0.435 e. The van der Waals surface area contributed by atoms with Gasteiger partial charge >= 0.3 is 6.18 Å². The molecule has 2 amide bonds. The molecule has 1 aromatic carbocycles. The lowest BCUT2D eigenvalue weighted by Gasteiger charge is -2.33. The van der Waals surface area contributed by atoms with Crippen LogP contribution in [0, 0.1) is 11.3 Å². The van der Waals surface area contributed by atoms with Gasteiger partial charge in [0, 0.05) is 31.0 Å². The third kappa shape index (κ3) is 5.05. The van der Waals surface area contributed by atoms with Crippen molar-refractivity contribution in [2.45, 2.75) is 37.6 Å². The number of hydrogen-bond donors (Lipinski definition) is 3. The minimum Gasteiger partial charge on any atom is -0.349 e. The van der Waals surface area contributed by atoms with E-state index in [1.807, 2.05) is 0 Å². The van der Waals surface area contributed by atoms with Gasteiger partial charge in [0.05, 0.1) is 34.1 Å². The van der Waals surface area contributed by atoms with Gasteiger partial charge in [-0.25, -0.2) is 4.98 Å². The van der Waals surface area contributed by atoms with Crippen molar-refractivity contribution in [3.63, 3.8) is 0 Å². The number of nitrogens with one attached hydrogen (secondary N) is 2. The smallest absolute Gasteiger partial charge is 0.349 e. The number of benzene rings is 1. The van der Waals surface area contributed by atoms with E-state index in [-0.39, 0.29) is 57.9 Å². The maximum atomic E-state index is 13.5. The highest BCUT2D eigenvalue weighted by Crippen LogP contribution is 2.36. The van der Waals surface area contributed by atoms with E-state index in [9.17, 15) is 22.8 Å². The molecule has 0 bridgehead atoms. The number of nitrogens with zero attached hydrogens (tertiary/aromatic N) is 5. The molecular formula is C22H20ClF3N8O2. The first-order valence-corrected chi connectivity index (χ1v) is 11.1. The van der Waals surface area contributed by atoms with Crippen LogP contribution in [0.2, 0.25) is 5.02 Å². The summed E-state index contributed by atoms with van der Waals surface area (Å²) in [6, 6.07) is 6.11. The Labute approximate surface area is 207 Å². The summed E-state index contributed by atoms with van der Waals surface area (Å²) in [6.07, 6.45) is -1.21. The fourth-order valence-corrected chi connectivity index (χ4v) is 4.12. The molecule has 0 radical (unpaired) electrons. The van der Waals surface area contributed by atoms with E-state index >= 15 is 0 Å². The molecule has 4 rings (SSSR count). The van der Waals surface area contributed by atoms with E-state index in [1.165, 1.54) is 29.8 Å². The van der Waals surface area contributed by atoms with Gasteiger partial charge in [-0.2, -0.15) is 23.5 Å². The summed E-state index contributed by atoms with van der Waals surface area (Å²) in [7, 11) is 1.38. The van der Waals surface area contributed by atoms with Gasteiger partial charge in [-0.05, 0) is 31.0 Å². The summed E-state index contributed by atoms with van der Waals surface area (Å²) in [5.41, 5.74) is 4.67. The molecule has 188 valence electrons. The SMILES string of the molecule is Cn1c(-c2cn(CC#N)nc2C(F)(F)F)cnc1C(=O)Nc1ccc(C(=O)NC2CC(N)C2)c(Cl)c1. The van der Waals surface area contributed by atoms with Crippen molar-refractivity contribution in [1.82, 2.24) is 24.6 Å². The molecule has 0 atom stereocenters. The van der Waals surface area contributed by atoms with Crippen molar-refractivity contribution in [3.05, 3.63) is 52.7 Å². The second-order valence-corrected chi connectivity index (χ2v) is 8.73. The number of hydrogen-bond acceptors (Lipinski definition) is 6. The van der Waals surface area contributed by atoms with E-state index in [0.717, 1.165) is 17.1 Å². The van der Waals surface area contributed by atoms with Gasteiger partial charge in [0.25, 0.3) is 11.8 Å². The maximum Gasteiger partial charge on any atom is 0.435 e. The van der Waals surface area contributed by atoms with Crippen LogP contribution in [0.5, 0.6) is 0 Å². The number of anilines is 1. The first-order valence-electron chi connectivity index (χ1n) is 10.7. The molecule has 10 nitrogen and oxygen atoms in total. The fourth-order valence-electron chi connectivity index (χ4n) is 3.85. The zero-order chi connectivity index (χ0) is 26.2. The zero-order valence-corrected chi connectivity index (χ0v) is 19.6. The molecule has 0 saturated heterocycles. The summed E-state index contributed by atoms with van der Waals surface area (Å²) in [5, 5.41) is 17.7. The number of alkyl halides is 3. The second-order valence-electron chi connectivity index (χ2n) is 8.32.